The van der Waals surface area contributed by atoms with Crippen LogP contribution in [0.1, 0.15) is 31.1 Å². The van der Waals surface area contributed by atoms with Crippen LogP contribution in [0.3, 0.4) is 0 Å². The van der Waals surface area contributed by atoms with Crippen LogP contribution in [0, 0.1) is 5.92 Å². The first-order valence-corrected chi connectivity index (χ1v) is 7.23. The van der Waals surface area contributed by atoms with Crippen LogP contribution in [0.5, 0.6) is 0 Å². The summed E-state index contributed by atoms with van der Waals surface area (Å²) >= 11 is 12.1. The van der Waals surface area contributed by atoms with Crippen molar-refractivity contribution >= 4 is 23.2 Å². The Bertz CT molecular complexity index is 549. The largest absolute Gasteiger partial charge is 0.313 e. The lowest BCUT2D eigenvalue weighted by atomic mass is 10.1. The van der Waals surface area contributed by atoms with Crippen molar-refractivity contribution in [1.82, 2.24) is 14.8 Å². The number of alkyl halides is 1. The minimum absolute atomic E-state index is 0.377. The van der Waals surface area contributed by atoms with Gasteiger partial charge in [0.15, 0.2) is 0 Å². The minimum atomic E-state index is 0.377. The van der Waals surface area contributed by atoms with Gasteiger partial charge in [0.1, 0.15) is 11.6 Å². The molecule has 5 heteroatoms. The van der Waals surface area contributed by atoms with E-state index in [1.165, 1.54) is 0 Å². The second-order valence-electron chi connectivity index (χ2n) is 4.94. The molecular formula is C14H17Cl2N3. The second kappa shape index (κ2) is 6.40. The molecule has 2 aromatic rings. The molecule has 0 saturated carbocycles. The molecule has 0 aliphatic heterocycles. The predicted molar refractivity (Wildman–Crippen MR) is 78.7 cm³/mol. The maximum atomic E-state index is 6.19. The monoisotopic (exact) mass is 297 g/mol. The third-order valence-corrected chi connectivity index (χ3v) is 3.49. The number of hydrogen-bond donors (Lipinski definition) is 0. The topological polar surface area (TPSA) is 30.7 Å². The number of aromatic nitrogens is 3. The lowest BCUT2D eigenvalue weighted by Gasteiger charge is -2.12. The van der Waals surface area contributed by atoms with Crippen molar-refractivity contribution in [3.8, 4) is 0 Å². The van der Waals surface area contributed by atoms with Crippen molar-refractivity contribution in [3.63, 3.8) is 0 Å². The molecule has 0 radical (unpaired) electrons. The predicted octanol–water partition coefficient (Wildman–Crippen LogP) is 3.92. The van der Waals surface area contributed by atoms with Crippen LogP contribution in [-0.4, -0.2) is 14.8 Å². The highest BCUT2D eigenvalue weighted by atomic mass is 35.5. The summed E-state index contributed by atoms with van der Waals surface area (Å²) in [4.78, 5) is 0. The number of halogens is 2. The third-order valence-electron chi connectivity index (χ3n) is 2.88. The van der Waals surface area contributed by atoms with E-state index in [2.05, 4.69) is 28.6 Å². The molecule has 0 saturated heterocycles. The molecule has 0 bridgehead atoms. The molecule has 1 aromatic carbocycles. The van der Waals surface area contributed by atoms with Gasteiger partial charge in [-0.3, -0.25) is 0 Å². The van der Waals surface area contributed by atoms with Gasteiger partial charge < -0.3 is 4.57 Å². The number of nitrogens with zero attached hydrogens (tertiary/aromatic N) is 3. The fourth-order valence-electron chi connectivity index (χ4n) is 1.99. The van der Waals surface area contributed by atoms with Gasteiger partial charge in [0.25, 0.3) is 0 Å². The van der Waals surface area contributed by atoms with Crippen molar-refractivity contribution in [2.24, 2.45) is 5.92 Å². The van der Waals surface area contributed by atoms with Crippen molar-refractivity contribution in [3.05, 3.63) is 46.5 Å². The molecule has 0 amide bonds. The Morgan fingerprint density at radius 1 is 1.16 bits per heavy atom. The van der Waals surface area contributed by atoms with E-state index in [0.717, 1.165) is 28.8 Å². The van der Waals surface area contributed by atoms with E-state index in [9.17, 15) is 0 Å². The number of rotatable bonds is 5. The zero-order valence-electron chi connectivity index (χ0n) is 11.1. The molecule has 0 spiro atoms. The van der Waals surface area contributed by atoms with Crippen LogP contribution in [0.15, 0.2) is 24.3 Å². The summed E-state index contributed by atoms with van der Waals surface area (Å²) in [5.74, 6) is 2.63. The van der Waals surface area contributed by atoms with Gasteiger partial charge in [-0.2, -0.15) is 0 Å². The summed E-state index contributed by atoms with van der Waals surface area (Å²) in [5, 5.41) is 9.16. The van der Waals surface area contributed by atoms with E-state index in [1.807, 2.05) is 24.3 Å². The van der Waals surface area contributed by atoms with Crippen LogP contribution in [0.2, 0.25) is 5.02 Å². The summed E-state index contributed by atoms with van der Waals surface area (Å²) in [6.07, 6.45) is 0.677. The minimum Gasteiger partial charge on any atom is -0.313 e. The van der Waals surface area contributed by atoms with E-state index >= 15 is 0 Å². The smallest absolute Gasteiger partial charge is 0.147 e. The second-order valence-corrected chi connectivity index (χ2v) is 5.61. The molecule has 1 heterocycles. The lowest BCUT2D eigenvalue weighted by molar-refractivity contribution is 0.499. The first-order valence-electron chi connectivity index (χ1n) is 6.32. The molecule has 0 unspecified atom stereocenters. The van der Waals surface area contributed by atoms with Gasteiger partial charge in [0.2, 0.25) is 0 Å². The van der Waals surface area contributed by atoms with Crippen LogP contribution >= 0.6 is 23.2 Å². The first kappa shape index (κ1) is 14.4. The zero-order valence-corrected chi connectivity index (χ0v) is 12.6. The molecule has 0 fully saturated rings. The maximum absolute atomic E-state index is 6.19. The molecular weight excluding hydrogens is 281 g/mol. The van der Waals surface area contributed by atoms with E-state index in [0.29, 0.717) is 18.2 Å². The quantitative estimate of drug-likeness (QED) is 0.783. The molecule has 19 heavy (non-hydrogen) atoms. The fraction of sp³-hybridized carbons (Fsp3) is 0.429. The third kappa shape index (κ3) is 3.48. The number of hydrogen-bond acceptors (Lipinski definition) is 2. The van der Waals surface area contributed by atoms with E-state index < -0.39 is 0 Å². The van der Waals surface area contributed by atoms with Crippen molar-refractivity contribution in [2.75, 3.05) is 0 Å². The molecule has 1 aromatic heterocycles. The normalized spacial score (nSPS) is 11.2. The van der Waals surface area contributed by atoms with Gasteiger partial charge in [-0.1, -0.05) is 43.6 Å². The Kier molecular flexibility index (Phi) is 4.83. The summed E-state index contributed by atoms with van der Waals surface area (Å²) < 4.78 is 2.10. The maximum Gasteiger partial charge on any atom is 0.147 e. The van der Waals surface area contributed by atoms with E-state index in [4.69, 9.17) is 23.2 Å². The Hall–Kier alpha value is -1.06. The van der Waals surface area contributed by atoms with E-state index in [1.54, 1.807) is 0 Å². The lowest BCUT2D eigenvalue weighted by Crippen LogP contribution is -2.12. The SMILES string of the molecule is CC(C)Cn1c(CCl)nnc1Cc1ccccc1Cl. The highest BCUT2D eigenvalue weighted by Gasteiger charge is 2.13. The highest BCUT2D eigenvalue weighted by Crippen LogP contribution is 2.19. The van der Waals surface area contributed by atoms with Crippen LogP contribution in [-0.2, 0) is 18.8 Å². The van der Waals surface area contributed by atoms with Gasteiger partial charge in [0.05, 0.1) is 5.88 Å². The van der Waals surface area contributed by atoms with Gasteiger partial charge in [-0.05, 0) is 17.5 Å². The zero-order chi connectivity index (χ0) is 13.8. The number of benzene rings is 1. The van der Waals surface area contributed by atoms with Crippen molar-refractivity contribution < 1.29 is 0 Å². The molecule has 0 aliphatic rings. The molecule has 0 atom stereocenters. The summed E-state index contributed by atoms with van der Waals surface area (Å²) in [7, 11) is 0. The van der Waals surface area contributed by atoms with Gasteiger partial charge in [-0.15, -0.1) is 21.8 Å². The first-order chi connectivity index (χ1) is 9.11. The van der Waals surface area contributed by atoms with Gasteiger partial charge in [-0.25, -0.2) is 0 Å². The standard InChI is InChI=1S/C14H17Cl2N3/c1-10(2)9-19-13(17-18-14(19)8-15)7-11-5-3-4-6-12(11)16/h3-6,10H,7-9H2,1-2H3. The van der Waals surface area contributed by atoms with Crippen LogP contribution < -0.4 is 0 Å². The van der Waals surface area contributed by atoms with E-state index in [-0.39, 0.29) is 0 Å². The van der Waals surface area contributed by atoms with Crippen LogP contribution in [0.4, 0.5) is 0 Å². The van der Waals surface area contributed by atoms with Crippen molar-refractivity contribution in [1.29, 1.82) is 0 Å². The Labute approximate surface area is 123 Å². The van der Waals surface area contributed by atoms with Gasteiger partial charge >= 0.3 is 0 Å². The summed E-state index contributed by atoms with van der Waals surface area (Å²) in [6, 6.07) is 7.81. The molecule has 102 valence electrons. The van der Waals surface area contributed by atoms with Crippen LogP contribution in [0.25, 0.3) is 0 Å². The average Bonchev–Trinajstić information content (AvgIpc) is 2.74. The Morgan fingerprint density at radius 2 is 1.84 bits per heavy atom. The molecule has 0 N–H and O–H groups in total. The average molecular weight is 298 g/mol. The van der Waals surface area contributed by atoms with Crippen molar-refractivity contribution in [2.45, 2.75) is 32.7 Å². The Balaban J connectivity index is 2.30. The highest BCUT2D eigenvalue weighted by molar-refractivity contribution is 6.31. The summed E-state index contributed by atoms with van der Waals surface area (Å²) in [5.41, 5.74) is 1.06. The summed E-state index contributed by atoms with van der Waals surface area (Å²) in [6.45, 7) is 5.20. The Morgan fingerprint density at radius 3 is 2.47 bits per heavy atom. The van der Waals surface area contributed by atoms with Gasteiger partial charge in [0, 0.05) is 18.0 Å². The fourth-order valence-corrected chi connectivity index (χ4v) is 2.39. The molecule has 2 rings (SSSR count). The molecule has 3 nitrogen and oxygen atoms in total. The molecule has 0 aliphatic carbocycles.